The molecule has 0 radical (unpaired) electrons. The van der Waals surface area contributed by atoms with Crippen LogP contribution in [-0.2, 0) is 6.42 Å². The van der Waals surface area contributed by atoms with Crippen LogP contribution in [0.4, 0.5) is 0 Å². The molecule has 4 rings (SSSR count). The standard InChI is InChI=1S/C18H21ClN4O2S/c1-2-14-20-18-23(21-14)17(25)16(26-18)15(12-5-3-4-6-13(12)19)22-9-7-11(24)8-10-22/h3-6,11,15,24-25H,2,7-10H2,1H3/t15-/m0/s1. The van der Waals surface area contributed by atoms with Gasteiger partial charge in [0.15, 0.2) is 5.82 Å². The lowest BCUT2D eigenvalue weighted by molar-refractivity contribution is 0.0690. The summed E-state index contributed by atoms with van der Waals surface area (Å²) in [7, 11) is 0. The van der Waals surface area contributed by atoms with Crippen molar-refractivity contribution in [2.24, 2.45) is 0 Å². The predicted octanol–water partition coefficient (Wildman–Crippen LogP) is 3.26. The first-order valence-electron chi connectivity index (χ1n) is 8.82. The van der Waals surface area contributed by atoms with Gasteiger partial charge in [0, 0.05) is 24.5 Å². The summed E-state index contributed by atoms with van der Waals surface area (Å²) >= 11 is 7.94. The highest BCUT2D eigenvalue weighted by Gasteiger charge is 2.32. The van der Waals surface area contributed by atoms with Gasteiger partial charge in [0.1, 0.15) is 0 Å². The molecule has 1 aliphatic rings. The molecule has 0 saturated carbocycles. The molecule has 0 amide bonds. The SMILES string of the molecule is CCc1nc2sc([C@H](c3ccccc3Cl)N3CCC(O)CC3)c(O)n2n1. The van der Waals surface area contributed by atoms with Crippen molar-refractivity contribution in [1.29, 1.82) is 0 Å². The summed E-state index contributed by atoms with van der Waals surface area (Å²) in [5.74, 6) is 0.835. The van der Waals surface area contributed by atoms with Crippen molar-refractivity contribution in [2.75, 3.05) is 13.1 Å². The second-order valence-corrected chi connectivity index (χ2v) is 7.97. The van der Waals surface area contributed by atoms with Gasteiger partial charge in [-0.2, -0.15) is 4.52 Å². The molecule has 0 aliphatic carbocycles. The Bertz CT molecular complexity index is 917. The fourth-order valence-corrected chi connectivity index (χ4v) is 4.83. The molecular weight excluding hydrogens is 372 g/mol. The number of thiazole rings is 1. The molecule has 8 heteroatoms. The van der Waals surface area contributed by atoms with E-state index in [-0.39, 0.29) is 18.0 Å². The van der Waals surface area contributed by atoms with E-state index in [0.717, 1.165) is 30.0 Å². The summed E-state index contributed by atoms with van der Waals surface area (Å²) in [5, 5.41) is 25.8. The lowest BCUT2D eigenvalue weighted by Gasteiger charge is -2.36. The summed E-state index contributed by atoms with van der Waals surface area (Å²) < 4.78 is 1.52. The van der Waals surface area contributed by atoms with Gasteiger partial charge in [0.25, 0.3) is 0 Å². The number of aromatic nitrogens is 3. The second kappa shape index (κ2) is 7.15. The van der Waals surface area contributed by atoms with E-state index in [1.807, 2.05) is 31.2 Å². The first-order chi connectivity index (χ1) is 12.6. The number of hydrogen-bond acceptors (Lipinski definition) is 6. The Morgan fingerprint density at radius 2 is 2.04 bits per heavy atom. The Balaban J connectivity index is 1.81. The first-order valence-corrected chi connectivity index (χ1v) is 10.0. The van der Waals surface area contributed by atoms with Gasteiger partial charge in [-0.1, -0.05) is 48.1 Å². The molecule has 3 aromatic rings. The first kappa shape index (κ1) is 17.7. The minimum absolute atomic E-state index is 0.119. The zero-order chi connectivity index (χ0) is 18.3. The number of aromatic hydroxyl groups is 1. The second-order valence-electron chi connectivity index (χ2n) is 6.56. The number of fused-ring (bicyclic) bond motifs is 1. The van der Waals surface area contributed by atoms with Gasteiger partial charge < -0.3 is 10.2 Å². The summed E-state index contributed by atoms with van der Waals surface area (Å²) in [5.41, 5.74) is 0.945. The number of rotatable bonds is 4. The van der Waals surface area contributed by atoms with Crippen molar-refractivity contribution in [3.8, 4) is 5.88 Å². The van der Waals surface area contributed by atoms with Crippen LogP contribution in [0.3, 0.4) is 0 Å². The van der Waals surface area contributed by atoms with Gasteiger partial charge in [-0.05, 0) is 24.5 Å². The Hall–Kier alpha value is -1.67. The molecule has 3 heterocycles. The average Bonchev–Trinajstić information content (AvgIpc) is 3.18. The largest absolute Gasteiger partial charge is 0.492 e. The molecule has 2 aromatic heterocycles. The van der Waals surface area contributed by atoms with Crippen LogP contribution in [0.15, 0.2) is 24.3 Å². The number of aryl methyl sites for hydroxylation is 1. The maximum Gasteiger partial charge on any atom is 0.230 e. The highest BCUT2D eigenvalue weighted by atomic mass is 35.5. The molecule has 2 N–H and O–H groups in total. The lowest BCUT2D eigenvalue weighted by atomic mass is 9.99. The molecular formula is C18H21ClN4O2S. The van der Waals surface area contributed by atoms with Crippen LogP contribution in [0, 0.1) is 0 Å². The Morgan fingerprint density at radius 3 is 2.69 bits per heavy atom. The number of piperidine rings is 1. The summed E-state index contributed by atoms with van der Waals surface area (Å²) in [4.78, 5) is 8.22. The van der Waals surface area contributed by atoms with Gasteiger partial charge in [-0.25, -0.2) is 4.98 Å². The third kappa shape index (κ3) is 3.09. The Kier molecular flexibility index (Phi) is 4.88. The predicted molar refractivity (Wildman–Crippen MR) is 102 cm³/mol. The van der Waals surface area contributed by atoms with Crippen LogP contribution in [-0.4, -0.2) is 48.9 Å². The van der Waals surface area contributed by atoms with E-state index in [1.54, 1.807) is 0 Å². The average molecular weight is 393 g/mol. The monoisotopic (exact) mass is 392 g/mol. The van der Waals surface area contributed by atoms with Crippen molar-refractivity contribution < 1.29 is 10.2 Å². The molecule has 6 nitrogen and oxygen atoms in total. The molecule has 1 atom stereocenters. The topological polar surface area (TPSA) is 73.9 Å². The zero-order valence-corrected chi connectivity index (χ0v) is 16.0. The molecule has 1 fully saturated rings. The van der Waals surface area contributed by atoms with E-state index in [9.17, 15) is 10.2 Å². The highest BCUT2D eigenvalue weighted by molar-refractivity contribution is 7.17. The third-order valence-electron chi connectivity index (χ3n) is 4.87. The number of halogens is 1. The van der Waals surface area contributed by atoms with Crippen LogP contribution < -0.4 is 0 Å². The van der Waals surface area contributed by atoms with Gasteiger partial charge in [-0.15, -0.1) is 5.10 Å². The zero-order valence-electron chi connectivity index (χ0n) is 14.5. The molecule has 0 bridgehead atoms. The Labute approximate surface area is 160 Å². The number of aliphatic hydroxyl groups is 1. The third-order valence-corrected chi connectivity index (χ3v) is 6.29. The van der Waals surface area contributed by atoms with Crippen molar-refractivity contribution in [3.05, 3.63) is 45.6 Å². The molecule has 1 saturated heterocycles. The molecule has 1 aliphatic heterocycles. The molecule has 138 valence electrons. The fourth-order valence-electron chi connectivity index (χ4n) is 3.46. The lowest BCUT2D eigenvalue weighted by Crippen LogP contribution is -2.38. The van der Waals surface area contributed by atoms with E-state index in [2.05, 4.69) is 15.0 Å². The van der Waals surface area contributed by atoms with Gasteiger partial charge in [0.2, 0.25) is 10.8 Å². The van der Waals surface area contributed by atoms with Crippen LogP contribution in [0.5, 0.6) is 5.88 Å². The van der Waals surface area contributed by atoms with Crippen LogP contribution in [0.1, 0.15) is 42.1 Å². The van der Waals surface area contributed by atoms with E-state index in [4.69, 9.17) is 11.6 Å². The number of likely N-dealkylation sites (tertiary alicyclic amines) is 1. The van der Waals surface area contributed by atoms with Gasteiger partial charge >= 0.3 is 0 Å². The number of aliphatic hydroxyl groups excluding tert-OH is 1. The highest BCUT2D eigenvalue weighted by Crippen LogP contribution is 2.42. The summed E-state index contributed by atoms with van der Waals surface area (Å²) in [6.07, 6.45) is 1.88. The quantitative estimate of drug-likeness (QED) is 0.712. The summed E-state index contributed by atoms with van der Waals surface area (Å²) in [6.45, 7) is 3.47. The maximum absolute atomic E-state index is 10.9. The van der Waals surface area contributed by atoms with Crippen molar-refractivity contribution >= 4 is 27.9 Å². The van der Waals surface area contributed by atoms with Crippen molar-refractivity contribution in [3.63, 3.8) is 0 Å². The molecule has 26 heavy (non-hydrogen) atoms. The van der Waals surface area contributed by atoms with E-state index >= 15 is 0 Å². The van der Waals surface area contributed by atoms with Crippen LogP contribution >= 0.6 is 22.9 Å². The number of benzene rings is 1. The van der Waals surface area contributed by atoms with Crippen LogP contribution in [0.2, 0.25) is 5.02 Å². The fraction of sp³-hybridized carbons (Fsp3) is 0.444. The van der Waals surface area contributed by atoms with Crippen molar-refractivity contribution in [2.45, 2.75) is 38.3 Å². The minimum Gasteiger partial charge on any atom is -0.492 e. The van der Waals surface area contributed by atoms with Crippen molar-refractivity contribution in [1.82, 2.24) is 19.5 Å². The normalized spacial score (nSPS) is 17.8. The molecule has 0 spiro atoms. The molecule has 0 unspecified atom stereocenters. The summed E-state index contributed by atoms with van der Waals surface area (Å²) in [6, 6.07) is 7.53. The minimum atomic E-state index is -0.263. The van der Waals surface area contributed by atoms with Gasteiger partial charge in [0.05, 0.1) is 17.0 Å². The van der Waals surface area contributed by atoms with E-state index in [1.165, 1.54) is 15.9 Å². The van der Waals surface area contributed by atoms with E-state index < -0.39 is 0 Å². The number of hydrogen-bond donors (Lipinski definition) is 2. The van der Waals surface area contributed by atoms with Gasteiger partial charge in [-0.3, -0.25) is 4.90 Å². The van der Waals surface area contributed by atoms with E-state index in [0.29, 0.717) is 28.6 Å². The van der Waals surface area contributed by atoms with Crippen LogP contribution in [0.25, 0.3) is 4.96 Å². The molecule has 1 aromatic carbocycles. The number of nitrogens with zero attached hydrogens (tertiary/aromatic N) is 4. The Morgan fingerprint density at radius 1 is 1.31 bits per heavy atom. The maximum atomic E-state index is 10.9. The smallest absolute Gasteiger partial charge is 0.230 e.